The summed E-state index contributed by atoms with van der Waals surface area (Å²) in [7, 11) is 1.69. The van der Waals surface area contributed by atoms with Crippen molar-refractivity contribution in [2.75, 3.05) is 7.11 Å². The molecule has 0 amide bonds. The minimum atomic E-state index is 0.0529. The van der Waals surface area contributed by atoms with Crippen LogP contribution in [-0.4, -0.2) is 22.0 Å². The topological polar surface area (TPSA) is 47.3 Å². The predicted molar refractivity (Wildman–Crippen MR) is 83.7 cm³/mol. The molecule has 21 heavy (non-hydrogen) atoms. The van der Waals surface area contributed by atoms with Gasteiger partial charge in [0.25, 0.3) is 0 Å². The Morgan fingerprint density at radius 2 is 2.00 bits per heavy atom. The molecule has 1 heterocycles. The highest BCUT2D eigenvalue weighted by Crippen LogP contribution is 2.23. The zero-order chi connectivity index (χ0) is 15.4. The van der Waals surface area contributed by atoms with E-state index in [0.717, 1.165) is 41.1 Å². The molecule has 2 rings (SSSR count). The third-order valence-electron chi connectivity index (χ3n) is 3.83. The molecule has 0 saturated heterocycles. The van der Waals surface area contributed by atoms with Gasteiger partial charge < -0.3 is 9.84 Å². The van der Waals surface area contributed by atoms with Gasteiger partial charge in [0, 0.05) is 16.8 Å². The van der Waals surface area contributed by atoms with E-state index in [2.05, 4.69) is 31.9 Å². The Morgan fingerprint density at radius 1 is 1.24 bits per heavy atom. The van der Waals surface area contributed by atoms with Crippen LogP contribution >= 0.6 is 0 Å². The Kier molecular flexibility index (Phi) is 5.02. The molecular weight excluding hydrogens is 264 g/mol. The zero-order valence-electron chi connectivity index (χ0n) is 13.3. The van der Waals surface area contributed by atoms with Crippen molar-refractivity contribution in [2.24, 2.45) is 0 Å². The number of aromatic nitrogens is 2. The number of hydrogen-bond acceptors (Lipinski definition) is 3. The van der Waals surface area contributed by atoms with E-state index in [1.807, 2.05) is 16.8 Å². The van der Waals surface area contributed by atoms with Crippen LogP contribution in [0.4, 0.5) is 0 Å². The normalized spacial score (nSPS) is 10.9. The van der Waals surface area contributed by atoms with Crippen molar-refractivity contribution < 1.29 is 9.84 Å². The molecule has 1 N–H and O–H groups in total. The van der Waals surface area contributed by atoms with E-state index in [-0.39, 0.29) is 6.61 Å². The monoisotopic (exact) mass is 288 g/mol. The minimum Gasteiger partial charge on any atom is -0.496 e. The lowest BCUT2D eigenvalue weighted by atomic mass is 10.1. The third-order valence-corrected chi connectivity index (χ3v) is 3.83. The summed E-state index contributed by atoms with van der Waals surface area (Å²) in [6, 6.07) is 6.17. The molecular formula is C17H24N2O2. The Morgan fingerprint density at radius 3 is 2.57 bits per heavy atom. The first-order valence-electron chi connectivity index (χ1n) is 7.46. The van der Waals surface area contributed by atoms with E-state index in [0.29, 0.717) is 6.54 Å². The quantitative estimate of drug-likeness (QED) is 0.889. The van der Waals surface area contributed by atoms with Crippen molar-refractivity contribution in [3.63, 3.8) is 0 Å². The summed E-state index contributed by atoms with van der Waals surface area (Å²) in [6.07, 6.45) is 1.69. The molecule has 0 bridgehead atoms. The molecule has 0 aliphatic carbocycles. The highest BCUT2D eigenvalue weighted by molar-refractivity contribution is 5.37. The van der Waals surface area contributed by atoms with Crippen molar-refractivity contribution in [1.82, 2.24) is 9.78 Å². The highest BCUT2D eigenvalue weighted by atomic mass is 16.5. The second-order valence-electron chi connectivity index (χ2n) is 5.21. The maximum absolute atomic E-state index is 9.61. The van der Waals surface area contributed by atoms with Gasteiger partial charge in [-0.25, -0.2) is 0 Å². The van der Waals surface area contributed by atoms with Gasteiger partial charge >= 0.3 is 0 Å². The van der Waals surface area contributed by atoms with E-state index in [9.17, 15) is 5.11 Å². The van der Waals surface area contributed by atoms with Crippen LogP contribution in [0.1, 0.15) is 41.9 Å². The second-order valence-corrected chi connectivity index (χ2v) is 5.21. The van der Waals surface area contributed by atoms with Crippen molar-refractivity contribution >= 4 is 0 Å². The summed E-state index contributed by atoms with van der Waals surface area (Å²) in [5.41, 5.74) is 5.39. The first-order chi connectivity index (χ1) is 10.1. The summed E-state index contributed by atoms with van der Waals surface area (Å²) >= 11 is 0. The van der Waals surface area contributed by atoms with E-state index < -0.39 is 0 Å². The first kappa shape index (κ1) is 15.6. The summed E-state index contributed by atoms with van der Waals surface area (Å²) in [5.74, 6) is 0.877. The van der Waals surface area contributed by atoms with Gasteiger partial charge in [-0.2, -0.15) is 5.10 Å². The van der Waals surface area contributed by atoms with E-state index in [4.69, 9.17) is 4.74 Å². The third kappa shape index (κ3) is 3.10. The van der Waals surface area contributed by atoms with Gasteiger partial charge in [-0.05, 0) is 25.8 Å². The van der Waals surface area contributed by atoms with Crippen LogP contribution in [0, 0.1) is 6.92 Å². The molecule has 0 radical (unpaired) electrons. The summed E-state index contributed by atoms with van der Waals surface area (Å²) in [4.78, 5) is 0. The molecule has 1 aromatic carbocycles. The van der Waals surface area contributed by atoms with Crippen molar-refractivity contribution in [3.05, 3.63) is 46.3 Å². The molecule has 0 unspecified atom stereocenters. The van der Waals surface area contributed by atoms with Crippen LogP contribution in [0.3, 0.4) is 0 Å². The Balaban J connectivity index is 2.44. The number of benzene rings is 1. The van der Waals surface area contributed by atoms with Gasteiger partial charge in [-0.15, -0.1) is 0 Å². The lowest BCUT2D eigenvalue weighted by Crippen LogP contribution is -2.08. The standard InChI is InChI=1S/C17H24N2O2/c1-5-15-14(11-20)16(6-2)19(18-15)10-13-9-12(3)7-8-17(13)21-4/h7-9,20H,5-6,10-11H2,1-4H3. The van der Waals surface area contributed by atoms with Gasteiger partial charge in [0.15, 0.2) is 0 Å². The van der Waals surface area contributed by atoms with Gasteiger partial charge in [-0.1, -0.05) is 31.5 Å². The van der Waals surface area contributed by atoms with Crippen LogP contribution in [-0.2, 0) is 26.0 Å². The SMILES string of the molecule is CCc1nn(Cc2cc(C)ccc2OC)c(CC)c1CO. The van der Waals surface area contributed by atoms with Crippen LogP contribution in [0.2, 0.25) is 0 Å². The van der Waals surface area contributed by atoms with Crippen LogP contribution in [0.25, 0.3) is 0 Å². The molecule has 0 fully saturated rings. The first-order valence-corrected chi connectivity index (χ1v) is 7.46. The van der Waals surface area contributed by atoms with Crippen molar-refractivity contribution in [1.29, 1.82) is 0 Å². The van der Waals surface area contributed by atoms with Gasteiger partial charge in [0.05, 0.1) is 26.0 Å². The van der Waals surface area contributed by atoms with Crippen LogP contribution in [0.15, 0.2) is 18.2 Å². The largest absolute Gasteiger partial charge is 0.496 e. The molecule has 0 aliphatic heterocycles. The number of hydrogen-bond donors (Lipinski definition) is 1. The number of aliphatic hydroxyl groups is 1. The molecule has 0 atom stereocenters. The molecule has 2 aromatic rings. The summed E-state index contributed by atoms with van der Waals surface area (Å²) < 4.78 is 7.45. The minimum absolute atomic E-state index is 0.0529. The number of ether oxygens (including phenoxy) is 1. The maximum atomic E-state index is 9.61. The fourth-order valence-electron chi connectivity index (χ4n) is 2.77. The van der Waals surface area contributed by atoms with Crippen molar-refractivity contribution in [3.8, 4) is 5.75 Å². The van der Waals surface area contributed by atoms with E-state index >= 15 is 0 Å². The maximum Gasteiger partial charge on any atom is 0.123 e. The zero-order valence-corrected chi connectivity index (χ0v) is 13.3. The Labute approximate surface area is 126 Å². The molecule has 4 nitrogen and oxygen atoms in total. The van der Waals surface area contributed by atoms with Crippen LogP contribution < -0.4 is 4.74 Å². The Hall–Kier alpha value is -1.81. The Bertz CT molecular complexity index is 617. The van der Waals surface area contributed by atoms with E-state index in [1.165, 1.54) is 5.56 Å². The molecule has 4 heteroatoms. The molecule has 0 spiro atoms. The molecule has 0 saturated carbocycles. The number of nitrogens with zero attached hydrogens (tertiary/aromatic N) is 2. The number of aryl methyl sites for hydroxylation is 2. The predicted octanol–water partition coefficient (Wildman–Crippen LogP) is 2.87. The van der Waals surface area contributed by atoms with Gasteiger partial charge in [-0.3, -0.25) is 4.68 Å². The fourth-order valence-corrected chi connectivity index (χ4v) is 2.77. The second kappa shape index (κ2) is 6.76. The number of rotatable bonds is 6. The van der Waals surface area contributed by atoms with Crippen molar-refractivity contribution in [2.45, 2.75) is 46.8 Å². The number of methoxy groups -OCH3 is 1. The van der Waals surface area contributed by atoms with Crippen LogP contribution in [0.5, 0.6) is 5.75 Å². The summed E-state index contributed by atoms with van der Waals surface area (Å²) in [5, 5.41) is 14.3. The molecule has 0 aliphatic rings. The number of aliphatic hydroxyl groups excluding tert-OH is 1. The van der Waals surface area contributed by atoms with Gasteiger partial charge in [0.1, 0.15) is 5.75 Å². The molecule has 1 aromatic heterocycles. The average Bonchev–Trinajstić information content (AvgIpc) is 2.84. The smallest absolute Gasteiger partial charge is 0.123 e. The van der Waals surface area contributed by atoms with Gasteiger partial charge in [0.2, 0.25) is 0 Å². The lowest BCUT2D eigenvalue weighted by Gasteiger charge is -2.12. The average molecular weight is 288 g/mol. The van der Waals surface area contributed by atoms with E-state index in [1.54, 1.807) is 7.11 Å². The fraction of sp³-hybridized carbons (Fsp3) is 0.471. The lowest BCUT2D eigenvalue weighted by molar-refractivity contribution is 0.279. The highest BCUT2D eigenvalue weighted by Gasteiger charge is 2.16. The molecule has 114 valence electrons. The summed E-state index contributed by atoms with van der Waals surface area (Å²) in [6.45, 7) is 6.96.